The van der Waals surface area contributed by atoms with Gasteiger partial charge in [-0.1, -0.05) is 45.2 Å². The molecule has 168 valence electrons. The smallest absolute Gasteiger partial charge is 0.335 e. The fraction of sp³-hybridized carbons (Fsp3) is 0.174. The van der Waals surface area contributed by atoms with Gasteiger partial charge in [0.05, 0.1) is 25.5 Å². The van der Waals surface area contributed by atoms with E-state index in [4.69, 9.17) is 37.4 Å². The van der Waals surface area contributed by atoms with E-state index in [0.29, 0.717) is 39.5 Å². The van der Waals surface area contributed by atoms with Crippen LogP contribution in [0.5, 0.6) is 17.2 Å². The van der Waals surface area contributed by atoms with Crippen LogP contribution in [0.25, 0.3) is 0 Å². The molecule has 0 radical (unpaired) electrons. The Labute approximate surface area is 204 Å². The molecule has 0 saturated carbocycles. The van der Waals surface area contributed by atoms with Crippen molar-refractivity contribution in [1.29, 1.82) is 0 Å². The number of ether oxygens (including phenoxy) is 3. The second-order valence-electron chi connectivity index (χ2n) is 6.66. The highest BCUT2D eigenvalue weighted by Gasteiger charge is 2.17. The van der Waals surface area contributed by atoms with Crippen LogP contribution in [-0.4, -0.2) is 25.3 Å². The highest BCUT2D eigenvalue weighted by molar-refractivity contribution is 9.10. The third-order valence-electron chi connectivity index (χ3n) is 4.68. The summed E-state index contributed by atoms with van der Waals surface area (Å²) in [7, 11) is 3.08. The molecular weight excluding hydrogens is 521 g/mol. The van der Waals surface area contributed by atoms with Crippen LogP contribution in [0.2, 0.25) is 10.0 Å². The van der Waals surface area contributed by atoms with Gasteiger partial charge in [0, 0.05) is 32.2 Å². The van der Waals surface area contributed by atoms with Gasteiger partial charge >= 0.3 is 5.97 Å². The lowest BCUT2D eigenvalue weighted by Gasteiger charge is -2.19. The molecule has 0 amide bonds. The predicted octanol–water partition coefficient (Wildman–Crippen LogP) is 6.66. The number of anilines is 1. The molecule has 0 heterocycles. The number of methoxy groups -OCH3 is 2. The minimum atomic E-state index is -1.03. The number of nitrogens with one attached hydrogen (secondary N) is 1. The maximum absolute atomic E-state index is 11.4. The van der Waals surface area contributed by atoms with E-state index in [1.54, 1.807) is 37.4 Å². The minimum absolute atomic E-state index is 0.145. The normalized spacial score (nSPS) is 10.5. The van der Waals surface area contributed by atoms with Crippen molar-refractivity contribution in [2.75, 3.05) is 19.5 Å². The summed E-state index contributed by atoms with van der Waals surface area (Å²) in [5.41, 5.74) is 2.23. The molecule has 0 atom stereocenters. The molecule has 0 unspecified atom stereocenters. The van der Waals surface area contributed by atoms with Gasteiger partial charge in [0.2, 0.25) is 0 Å². The van der Waals surface area contributed by atoms with Crippen molar-refractivity contribution in [2.45, 2.75) is 13.2 Å². The van der Waals surface area contributed by atoms with E-state index in [0.717, 1.165) is 15.6 Å². The van der Waals surface area contributed by atoms with Crippen LogP contribution >= 0.6 is 39.1 Å². The van der Waals surface area contributed by atoms with E-state index in [1.165, 1.54) is 19.2 Å². The summed E-state index contributed by atoms with van der Waals surface area (Å²) in [6, 6.07) is 13.4. The van der Waals surface area contributed by atoms with Crippen molar-refractivity contribution in [3.63, 3.8) is 0 Å². The first-order valence-electron chi connectivity index (χ1n) is 9.41. The summed E-state index contributed by atoms with van der Waals surface area (Å²) < 4.78 is 17.7. The molecule has 0 aromatic heterocycles. The van der Waals surface area contributed by atoms with Crippen molar-refractivity contribution < 1.29 is 24.1 Å². The molecule has 0 fully saturated rings. The Morgan fingerprint density at radius 3 is 2.41 bits per heavy atom. The Kier molecular flexibility index (Phi) is 8.12. The van der Waals surface area contributed by atoms with E-state index < -0.39 is 5.97 Å². The Morgan fingerprint density at radius 2 is 1.75 bits per heavy atom. The van der Waals surface area contributed by atoms with Gasteiger partial charge in [-0.15, -0.1) is 0 Å². The monoisotopic (exact) mass is 539 g/mol. The quantitative estimate of drug-likeness (QED) is 0.316. The third kappa shape index (κ3) is 5.59. The lowest BCUT2D eigenvalue weighted by Crippen LogP contribution is -2.08. The first kappa shape index (κ1) is 24.0. The Balaban J connectivity index is 1.90. The van der Waals surface area contributed by atoms with Gasteiger partial charge in [0.15, 0.2) is 11.5 Å². The Morgan fingerprint density at radius 1 is 1.03 bits per heavy atom. The largest absolute Gasteiger partial charge is 0.495 e. The van der Waals surface area contributed by atoms with Crippen LogP contribution in [0.15, 0.2) is 53.0 Å². The summed E-state index contributed by atoms with van der Waals surface area (Å²) in [4.78, 5) is 11.4. The summed E-state index contributed by atoms with van der Waals surface area (Å²) >= 11 is 15.8. The number of halogens is 3. The zero-order chi connectivity index (χ0) is 23.3. The summed E-state index contributed by atoms with van der Waals surface area (Å²) in [5, 5.41) is 13.6. The molecule has 3 aromatic carbocycles. The lowest BCUT2D eigenvalue weighted by molar-refractivity contribution is 0.0697. The number of carbonyl (C=O) groups is 1. The van der Waals surface area contributed by atoms with E-state index in [1.807, 2.05) is 6.07 Å². The lowest BCUT2D eigenvalue weighted by atomic mass is 10.1. The number of hydrogen-bond donors (Lipinski definition) is 2. The van der Waals surface area contributed by atoms with Crippen LogP contribution in [0.1, 0.15) is 21.5 Å². The zero-order valence-corrected chi connectivity index (χ0v) is 20.3. The highest BCUT2D eigenvalue weighted by Crippen LogP contribution is 2.38. The van der Waals surface area contributed by atoms with Gasteiger partial charge in [0.25, 0.3) is 0 Å². The second-order valence-corrected chi connectivity index (χ2v) is 8.35. The molecule has 6 nitrogen and oxygen atoms in total. The zero-order valence-electron chi connectivity index (χ0n) is 17.2. The average molecular weight is 541 g/mol. The van der Waals surface area contributed by atoms with E-state index >= 15 is 0 Å². The van der Waals surface area contributed by atoms with Crippen molar-refractivity contribution in [3.05, 3.63) is 79.7 Å². The average Bonchev–Trinajstić information content (AvgIpc) is 2.77. The number of hydrogen-bond acceptors (Lipinski definition) is 5. The third-order valence-corrected chi connectivity index (χ3v) is 6.01. The van der Waals surface area contributed by atoms with E-state index in [9.17, 15) is 9.90 Å². The highest BCUT2D eigenvalue weighted by atomic mass is 79.9. The van der Waals surface area contributed by atoms with E-state index in [2.05, 4.69) is 21.2 Å². The first-order valence-corrected chi connectivity index (χ1v) is 11.0. The molecule has 9 heteroatoms. The van der Waals surface area contributed by atoms with Crippen molar-refractivity contribution in [2.24, 2.45) is 0 Å². The van der Waals surface area contributed by atoms with Crippen molar-refractivity contribution in [3.8, 4) is 17.2 Å². The van der Waals surface area contributed by atoms with Crippen LogP contribution < -0.4 is 19.5 Å². The predicted molar refractivity (Wildman–Crippen MR) is 129 cm³/mol. The van der Waals surface area contributed by atoms with Crippen molar-refractivity contribution >= 4 is 50.8 Å². The molecule has 0 aliphatic carbocycles. The minimum Gasteiger partial charge on any atom is -0.495 e. The summed E-state index contributed by atoms with van der Waals surface area (Å²) in [6.07, 6.45) is 0. The molecule has 2 N–H and O–H groups in total. The van der Waals surface area contributed by atoms with Gasteiger partial charge in [-0.25, -0.2) is 4.79 Å². The fourth-order valence-electron chi connectivity index (χ4n) is 3.02. The Hall–Kier alpha value is -2.61. The standard InChI is InChI=1S/C23H20BrCl2NO5/c1-30-20-7-4-13(23(28)29)9-19(20)27-11-16-17(24)6-8-21(31-2)22(16)32-12-14-3-5-15(25)10-18(14)26/h3-10,27H,11-12H2,1-2H3,(H,28,29). The number of carboxylic acids is 1. The molecule has 0 aliphatic heterocycles. The summed E-state index contributed by atoms with van der Waals surface area (Å²) in [6.45, 7) is 0.508. The van der Waals surface area contributed by atoms with Gasteiger partial charge in [-0.2, -0.15) is 0 Å². The second kappa shape index (κ2) is 10.8. The number of benzene rings is 3. The number of aromatic carboxylic acids is 1. The molecule has 3 aromatic rings. The van der Waals surface area contributed by atoms with Crippen LogP contribution in [0, 0.1) is 0 Å². The number of carboxylic acid groups (broad SMARTS) is 1. The van der Waals surface area contributed by atoms with Crippen LogP contribution in [-0.2, 0) is 13.2 Å². The number of rotatable bonds is 9. The molecule has 0 saturated heterocycles. The van der Waals surface area contributed by atoms with Gasteiger partial charge in [-0.3, -0.25) is 0 Å². The molecule has 0 spiro atoms. The molecule has 32 heavy (non-hydrogen) atoms. The maximum Gasteiger partial charge on any atom is 0.335 e. The van der Waals surface area contributed by atoms with E-state index in [-0.39, 0.29) is 12.2 Å². The van der Waals surface area contributed by atoms with Crippen LogP contribution in [0.4, 0.5) is 5.69 Å². The van der Waals surface area contributed by atoms with Gasteiger partial charge in [-0.05, 0) is 42.5 Å². The van der Waals surface area contributed by atoms with Crippen molar-refractivity contribution in [1.82, 2.24) is 0 Å². The topological polar surface area (TPSA) is 77.0 Å². The fourth-order valence-corrected chi connectivity index (χ4v) is 3.93. The summed E-state index contributed by atoms with van der Waals surface area (Å²) in [5.74, 6) is 0.557. The first-order chi connectivity index (χ1) is 15.3. The molecule has 0 bridgehead atoms. The Bertz CT molecular complexity index is 1140. The van der Waals surface area contributed by atoms with Gasteiger partial charge in [0.1, 0.15) is 12.4 Å². The molecule has 0 aliphatic rings. The molecular formula is C23H20BrCl2NO5. The van der Waals surface area contributed by atoms with Crippen LogP contribution in [0.3, 0.4) is 0 Å². The maximum atomic E-state index is 11.4. The SMILES string of the molecule is COc1ccc(C(=O)O)cc1NCc1c(Br)ccc(OC)c1OCc1ccc(Cl)cc1Cl. The molecule has 3 rings (SSSR count). The van der Waals surface area contributed by atoms with Gasteiger partial charge < -0.3 is 24.6 Å².